The van der Waals surface area contributed by atoms with Gasteiger partial charge in [0.2, 0.25) is 6.71 Å². The molecular weight excluding hydrogens is 430 g/mol. The predicted octanol–water partition coefficient (Wildman–Crippen LogP) is 2.10. The normalized spacial score (nSPS) is 10.7. The van der Waals surface area contributed by atoms with E-state index >= 15 is 0 Å². The molecule has 0 amide bonds. The summed E-state index contributed by atoms with van der Waals surface area (Å²) in [5, 5.41) is 9.90. The molecule has 0 aromatic heterocycles. The van der Waals surface area contributed by atoms with Crippen molar-refractivity contribution in [2.45, 2.75) is 69.2 Å². The van der Waals surface area contributed by atoms with E-state index in [1.54, 1.807) is 0 Å². The van der Waals surface area contributed by atoms with Gasteiger partial charge in [-0.3, -0.25) is 0 Å². The minimum atomic E-state index is -0.848. The SMILES string of the molecule is Cc1cc(C)c(B(c2c(C)cc(C)cc2C)c2c(C)c(C)c(C(=O)O)c(C)c2C)c(C)c1.[H-].[K+]. The summed E-state index contributed by atoms with van der Waals surface area (Å²) in [5.41, 5.74) is 15.9. The summed E-state index contributed by atoms with van der Waals surface area (Å²) < 4.78 is 0. The van der Waals surface area contributed by atoms with Crippen molar-refractivity contribution in [3.8, 4) is 0 Å². The van der Waals surface area contributed by atoms with Gasteiger partial charge >= 0.3 is 57.4 Å². The molecule has 0 unspecified atom stereocenters. The molecule has 2 nitrogen and oxygen atoms in total. The van der Waals surface area contributed by atoms with Gasteiger partial charge in [0, 0.05) is 0 Å². The van der Waals surface area contributed by atoms with E-state index in [1.165, 1.54) is 49.8 Å². The molecular formula is C29H36BKO2. The summed E-state index contributed by atoms with van der Waals surface area (Å²) >= 11 is 0. The molecule has 0 spiro atoms. The minimum absolute atomic E-state index is 0. The van der Waals surface area contributed by atoms with Gasteiger partial charge in [-0.2, -0.15) is 0 Å². The van der Waals surface area contributed by atoms with Gasteiger partial charge in [0.25, 0.3) is 0 Å². The summed E-state index contributed by atoms with van der Waals surface area (Å²) in [4.78, 5) is 12.1. The van der Waals surface area contributed by atoms with Gasteiger partial charge in [0.05, 0.1) is 5.56 Å². The zero-order valence-corrected chi connectivity index (χ0v) is 25.4. The second-order valence-corrected chi connectivity index (χ2v) is 9.65. The number of aryl methyl sites for hydroxylation is 6. The summed E-state index contributed by atoms with van der Waals surface area (Å²) in [6.45, 7) is 21.3. The average molecular weight is 467 g/mol. The van der Waals surface area contributed by atoms with Crippen LogP contribution in [0, 0.1) is 69.2 Å². The molecule has 0 atom stereocenters. The van der Waals surface area contributed by atoms with Crippen molar-refractivity contribution >= 4 is 29.1 Å². The maximum absolute atomic E-state index is 12.1. The smallest absolute Gasteiger partial charge is 1.00 e. The Morgan fingerprint density at radius 2 is 0.909 bits per heavy atom. The third kappa shape index (κ3) is 5.11. The zero-order chi connectivity index (χ0) is 24.1. The Hall–Kier alpha value is -1.17. The van der Waals surface area contributed by atoms with E-state index in [1.807, 2.05) is 13.8 Å². The molecule has 3 aromatic rings. The second-order valence-electron chi connectivity index (χ2n) is 9.65. The Balaban J connectivity index is 0.00000289. The van der Waals surface area contributed by atoms with Crippen molar-refractivity contribution in [3.63, 3.8) is 0 Å². The number of aromatic carboxylic acids is 1. The van der Waals surface area contributed by atoms with Crippen molar-refractivity contribution in [3.05, 3.63) is 85.5 Å². The number of carbonyl (C=O) groups is 1. The fourth-order valence-corrected chi connectivity index (χ4v) is 5.82. The third-order valence-corrected chi connectivity index (χ3v) is 7.24. The van der Waals surface area contributed by atoms with Gasteiger partial charge in [0.15, 0.2) is 0 Å². The molecule has 3 aromatic carbocycles. The van der Waals surface area contributed by atoms with Crippen LogP contribution in [-0.4, -0.2) is 17.8 Å². The Kier molecular flexibility index (Phi) is 9.03. The molecule has 33 heavy (non-hydrogen) atoms. The fraction of sp³-hybridized carbons (Fsp3) is 0.345. The number of benzene rings is 3. The number of hydrogen-bond acceptors (Lipinski definition) is 1. The van der Waals surface area contributed by atoms with E-state index in [2.05, 4.69) is 79.7 Å². The first-order chi connectivity index (χ1) is 14.9. The Bertz CT molecular complexity index is 1130. The van der Waals surface area contributed by atoms with Crippen LogP contribution in [-0.2, 0) is 0 Å². The number of hydrogen-bond donors (Lipinski definition) is 1. The van der Waals surface area contributed by atoms with Gasteiger partial charge in [-0.05, 0) is 80.4 Å². The van der Waals surface area contributed by atoms with Crippen LogP contribution >= 0.6 is 0 Å². The maximum atomic E-state index is 12.1. The predicted molar refractivity (Wildman–Crippen MR) is 139 cm³/mol. The molecule has 0 heterocycles. The van der Waals surface area contributed by atoms with Crippen molar-refractivity contribution in [1.82, 2.24) is 0 Å². The summed E-state index contributed by atoms with van der Waals surface area (Å²) in [7, 11) is 0. The van der Waals surface area contributed by atoms with E-state index in [0.717, 1.165) is 22.3 Å². The second kappa shape index (κ2) is 10.6. The van der Waals surface area contributed by atoms with E-state index in [9.17, 15) is 9.90 Å². The molecule has 3 rings (SSSR count). The quantitative estimate of drug-likeness (QED) is 0.598. The Morgan fingerprint density at radius 3 is 1.18 bits per heavy atom. The first-order valence-electron chi connectivity index (χ1n) is 11.4. The summed E-state index contributed by atoms with van der Waals surface area (Å²) in [5.74, 6) is -0.848. The zero-order valence-electron chi connectivity index (χ0n) is 23.2. The third-order valence-electron chi connectivity index (χ3n) is 7.24. The molecule has 0 saturated heterocycles. The van der Waals surface area contributed by atoms with Crippen LogP contribution in [0.5, 0.6) is 0 Å². The molecule has 4 heteroatoms. The number of carboxylic acids is 1. The van der Waals surface area contributed by atoms with Crippen LogP contribution in [0.25, 0.3) is 0 Å². The van der Waals surface area contributed by atoms with Crippen LogP contribution in [0.1, 0.15) is 67.4 Å². The van der Waals surface area contributed by atoms with Gasteiger partial charge in [-0.1, -0.05) is 85.2 Å². The number of rotatable bonds is 4. The fourth-order valence-electron chi connectivity index (χ4n) is 5.82. The maximum Gasteiger partial charge on any atom is 1.00 e. The summed E-state index contributed by atoms with van der Waals surface area (Å²) in [6, 6.07) is 9.07. The molecule has 0 saturated carbocycles. The van der Waals surface area contributed by atoms with Crippen molar-refractivity contribution in [2.75, 3.05) is 0 Å². The van der Waals surface area contributed by atoms with Crippen LogP contribution in [0.4, 0.5) is 0 Å². The molecule has 0 fully saturated rings. The van der Waals surface area contributed by atoms with Gasteiger partial charge in [-0.25, -0.2) is 4.79 Å². The van der Waals surface area contributed by atoms with Crippen molar-refractivity contribution in [2.24, 2.45) is 0 Å². The molecule has 0 bridgehead atoms. The summed E-state index contributed by atoms with van der Waals surface area (Å²) in [6.07, 6.45) is 0. The Labute approximate surface area is 244 Å². The monoisotopic (exact) mass is 466 g/mol. The van der Waals surface area contributed by atoms with Crippen molar-refractivity contribution < 1.29 is 62.7 Å². The molecule has 0 aliphatic heterocycles. The molecule has 1 N–H and O–H groups in total. The van der Waals surface area contributed by atoms with Gasteiger partial charge in [0.1, 0.15) is 0 Å². The standard InChI is InChI=1S/C29H35BO2.K.H/c1-15-11-17(3)26(18(4)12-15)30(27-19(5)13-16(2)14-20(27)6)28-23(9)21(7)25(29(31)32)22(8)24(28)10;;/h11-14H,1-10H3,(H,31,32);;/q;+1;-1. The van der Waals surface area contributed by atoms with E-state index in [-0.39, 0.29) is 59.5 Å². The first kappa shape index (κ1) is 28.1. The minimum Gasteiger partial charge on any atom is -1.00 e. The van der Waals surface area contributed by atoms with Gasteiger partial charge < -0.3 is 6.53 Å². The largest absolute Gasteiger partial charge is 1.00 e. The molecule has 0 aliphatic carbocycles. The van der Waals surface area contributed by atoms with Crippen LogP contribution in [0.2, 0.25) is 0 Å². The molecule has 0 radical (unpaired) electrons. The van der Waals surface area contributed by atoms with Crippen LogP contribution in [0.15, 0.2) is 24.3 Å². The molecule has 0 aliphatic rings. The average Bonchev–Trinajstić information content (AvgIpc) is 2.64. The van der Waals surface area contributed by atoms with Crippen LogP contribution in [0.3, 0.4) is 0 Å². The van der Waals surface area contributed by atoms with E-state index in [4.69, 9.17) is 0 Å². The number of carboxylic acid groups (broad SMARTS) is 1. The topological polar surface area (TPSA) is 37.3 Å². The van der Waals surface area contributed by atoms with Gasteiger partial charge in [-0.15, -0.1) is 0 Å². The Morgan fingerprint density at radius 1 is 0.606 bits per heavy atom. The van der Waals surface area contributed by atoms with Crippen molar-refractivity contribution in [1.29, 1.82) is 0 Å². The van der Waals surface area contributed by atoms with E-state index < -0.39 is 5.97 Å². The van der Waals surface area contributed by atoms with E-state index in [0.29, 0.717) is 5.56 Å². The first-order valence-corrected chi connectivity index (χ1v) is 11.4. The molecule has 168 valence electrons. The van der Waals surface area contributed by atoms with Crippen LogP contribution < -0.4 is 67.8 Å².